The van der Waals surface area contributed by atoms with Gasteiger partial charge in [-0.3, -0.25) is 4.72 Å². The molecule has 17 heavy (non-hydrogen) atoms. The molecule has 0 unspecified atom stereocenters. The second kappa shape index (κ2) is 5.20. The average Bonchev–Trinajstić information content (AvgIpc) is 2.83. The van der Waals surface area contributed by atoms with Crippen LogP contribution in [0.4, 0.5) is 5.69 Å². The molecule has 2 rings (SSSR count). The number of rotatable bonds is 4. The lowest BCUT2D eigenvalue weighted by atomic mass is 10.2. The number of alkyl halides is 1. The van der Waals surface area contributed by atoms with E-state index in [1.54, 1.807) is 29.6 Å². The SMILES string of the molecule is O=S(=O)(Nc1cccc(CBr)c1)c1cccs1. The van der Waals surface area contributed by atoms with E-state index >= 15 is 0 Å². The maximum absolute atomic E-state index is 11.9. The summed E-state index contributed by atoms with van der Waals surface area (Å²) < 4.78 is 26.8. The van der Waals surface area contributed by atoms with Crippen LogP contribution in [-0.2, 0) is 15.4 Å². The van der Waals surface area contributed by atoms with Crippen LogP contribution in [-0.4, -0.2) is 8.42 Å². The third kappa shape index (κ3) is 3.08. The highest BCUT2D eigenvalue weighted by Crippen LogP contribution is 2.21. The van der Waals surface area contributed by atoms with Crippen LogP contribution in [0.25, 0.3) is 0 Å². The summed E-state index contributed by atoms with van der Waals surface area (Å²) in [4.78, 5) is 0. The highest BCUT2D eigenvalue weighted by atomic mass is 79.9. The molecule has 0 radical (unpaired) electrons. The van der Waals surface area contributed by atoms with Gasteiger partial charge < -0.3 is 0 Å². The number of benzene rings is 1. The van der Waals surface area contributed by atoms with Crippen LogP contribution < -0.4 is 4.72 Å². The Kier molecular flexibility index (Phi) is 3.86. The first kappa shape index (κ1) is 12.6. The van der Waals surface area contributed by atoms with Crippen molar-refractivity contribution in [3.8, 4) is 0 Å². The normalized spacial score (nSPS) is 11.4. The predicted molar refractivity (Wildman–Crippen MR) is 74.2 cm³/mol. The van der Waals surface area contributed by atoms with Crippen molar-refractivity contribution in [2.45, 2.75) is 9.54 Å². The van der Waals surface area contributed by atoms with Gasteiger partial charge in [0, 0.05) is 11.0 Å². The first-order chi connectivity index (χ1) is 8.12. The Hall–Kier alpha value is -0.850. The van der Waals surface area contributed by atoms with E-state index in [9.17, 15) is 8.42 Å². The Morgan fingerprint density at radius 1 is 1.24 bits per heavy atom. The second-order valence-electron chi connectivity index (χ2n) is 3.37. The fourth-order valence-electron chi connectivity index (χ4n) is 1.34. The summed E-state index contributed by atoms with van der Waals surface area (Å²) >= 11 is 4.53. The van der Waals surface area contributed by atoms with Crippen molar-refractivity contribution in [2.24, 2.45) is 0 Å². The third-order valence-electron chi connectivity index (χ3n) is 2.09. The molecule has 0 aliphatic rings. The van der Waals surface area contributed by atoms with Crippen molar-refractivity contribution in [3.63, 3.8) is 0 Å². The Morgan fingerprint density at radius 3 is 2.71 bits per heavy atom. The first-order valence-electron chi connectivity index (χ1n) is 4.83. The number of nitrogens with one attached hydrogen (secondary N) is 1. The zero-order chi connectivity index (χ0) is 12.3. The molecule has 0 amide bonds. The molecule has 1 aromatic heterocycles. The maximum Gasteiger partial charge on any atom is 0.271 e. The maximum atomic E-state index is 11.9. The van der Waals surface area contributed by atoms with Crippen LogP contribution in [0.5, 0.6) is 0 Å². The van der Waals surface area contributed by atoms with Gasteiger partial charge in [0.05, 0.1) is 0 Å². The van der Waals surface area contributed by atoms with E-state index in [0.29, 0.717) is 15.2 Å². The van der Waals surface area contributed by atoms with E-state index in [0.717, 1.165) is 5.56 Å². The average molecular weight is 332 g/mol. The highest BCUT2D eigenvalue weighted by molar-refractivity contribution is 9.08. The Morgan fingerprint density at radius 2 is 2.06 bits per heavy atom. The lowest BCUT2D eigenvalue weighted by Gasteiger charge is -2.07. The molecule has 1 heterocycles. The van der Waals surface area contributed by atoms with Crippen LogP contribution >= 0.6 is 27.3 Å². The molecule has 90 valence electrons. The summed E-state index contributed by atoms with van der Waals surface area (Å²) in [5.41, 5.74) is 1.60. The zero-order valence-corrected chi connectivity index (χ0v) is 12.0. The third-order valence-corrected chi connectivity index (χ3v) is 5.52. The van der Waals surface area contributed by atoms with Crippen molar-refractivity contribution in [1.29, 1.82) is 0 Å². The fraction of sp³-hybridized carbons (Fsp3) is 0.0909. The Balaban J connectivity index is 2.26. The van der Waals surface area contributed by atoms with Gasteiger partial charge in [-0.25, -0.2) is 8.42 Å². The molecule has 0 spiro atoms. The summed E-state index contributed by atoms with van der Waals surface area (Å²) in [6.45, 7) is 0. The van der Waals surface area contributed by atoms with Crippen molar-refractivity contribution in [2.75, 3.05) is 4.72 Å². The second-order valence-corrected chi connectivity index (χ2v) is 6.79. The largest absolute Gasteiger partial charge is 0.279 e. The van der Waals surface area contributed by atoms with Crippen molar-refractivity contribution < 1.29 is 8.42 Å². The lowest BCUT2D eigenvalue weighted by molar-refractivity contribution is 0.603. The van der Waals surface area contributed by atoms with Gasteiger partial charge >= 0.3 is 0 Å². The monoisotopic (exact) mass is 331 g/mol. The van der Waals surface area contributed by atoms with Gasteiger partial charge in [0.1, 0.15) is 4.21 Å². The zero-order valence-electron chi connectivity index (χ0n) is 8.76. The van der Waals surface area contributed by atoms with Crippen LogP contribution in [0.1, 0.15) is 5.56 Å². The molecule has 0 fully saturated rings. The highest BCUT2D eigenvalue weighted by Gasteiger charge is 2.14. The predicted octanol–water partition coefficient (Wildman–Crippen LogP) is 3.44. The Bertz CT molecular complexity index is 594. The number of hydrogen-bond acceptors (Lipinski definition) is 3. The van der Waals surface area contributed by atoms with Gasteiger partial charge in [-0.15, -0.1) is 11.3 Å². The quantitative estimate of drug-likeness (QED) is 0.872. The summed E-state index contributed by atoms with van der Waals surface area (Å²) in [5.74, 6) is 0. The number of halogens is 1. The van der Waals surface area contributed by atoms with Crippen molar-refractivity contribution in [3.05, 3.63) is 47.3 Å². The molecule has 0 bridgehead atoms. The number of thiophene rings is 1. The van der Waals surface area contributed by atoms with E-state index in [2.05, 4.69) is 20.7 Å². The molecular formula is C11H10BrNO2S2. The van der Waals surface area contributed by atoms with E-state index in [-0.39, 0.29) is 0 Å². The summed E-state index contributed by atoms with van der Waals surface area (Å²) in [6.07, 6.45) is 0. The number of anilines is 1. The molecule has 3 nitrogen and oxygen atoms in total. The number of sulfonamides is 1. The van der Waals surface area contributed by atoms with Gasteiger partial charge in [0.25, 0.3) is 10.0 Å². The molecule has 0 saturated heterocycles. The molecule has 0 aliphatic heterocycles. The number of hydrogen-bond donors (Lipinski definition) is 1. The van der Waals surface area contributed by atoms with E-state index in [1.165, 1.54) is 11.3 Å². The van der Waals surface area contributed by atoms with E-state index in [1.807, 2.05) is 12.1 Å². The van der Waals surface area contributed by atoms with Crippen molar-refractivity contribution in [1.82, 2.24) is 0 Å². The lowest BCUT2D eigenvalue weighted by Crippen LogP contribution is -2.11. The van der Waals surface area contributed by atoms with E-state index in [4.69, 9.17) is 0 Å². The minimum absolute atomic E-state index is 0.321. The van der Waals surface area contributed by atoms with Crippen LogP contribution in [0.15, 0.2) is 46.0 Å². The molecular weight excluding hydrogens is 322 g/mol. The molecule has 0 atom stereocenters. The molecule has 1 aromatic carbocycles. The van der Waals surface area contributed by atoms with Gasteiger partial charge in [0.2, 0.25) is 0 Å². The topological polar surface area (TPSA) is 46.2 Å². The first-order valence-corrected chi connectivity index (χ1v) is 8.31. The van der Waals surface area contributed by atoms with Crippen molar-refractivity contribution >= 4 is 43.0 Å². The van der Waals surface area contributed by atoms with Gasteiger partial charge in [-0.2, -0.15) is 0 Å². The molecule has 0 aliphatic carbocycles. The van der Waals surface area contributed by atoms with Gasteiger partial charge in [-0.1, -0.05) is 34.1 Å². The van der Waals surface area contributed by atoms with Gasteiger partial charge in [-0.05, 0) is 29.1 Å². The smallest absolute Gasteiger partial charge is 0.271 e. The standard InChI is InChI=1S/C11H10BrNO2S2/c12-8-9-3-1-4-10(7-9)13-17(14,15)11-5-2-6-16-11/h1-7,13H,8H2. The molecule has 6 heteroatoms. The fourth-order valence-corrected chi connectivity index (χ4v) is 3.73. The van der Waals surface area contributed by atoms with E-state index < -0.39 is 10.0 Å². The van der Waals surface area contributed by atoms with Gasteiger partial charge in [0.15, 0.2) is 0 Å². The Labute approximate surface area is 113 Å². The minimum atomic E-state index is -3.44. The molecule has 2 aromatic rings. The molecule has 1 N–H and O–H groups in total. The molecule has 0 saturated carbocycles. The summed E-state index contributed by atoms with van der Waals surface area (Å²) in [5, 5.41) is 2.44. The summed E-state index contributed by atoms with van der Waals surface area (Å²) in [7, 11) is -3.44. The van der Waals surface area contributed by atoms with Crippen LogP contribution in [0.2, 0.25) is 0 Å². The minimum Gasteiger partial charge on any atom is -0.279 e. The van der Waals surface area contributed by atoms with Crippen LogP contribution in [0, 0.1) is 0 Å². The summed E-state index contributed by atoms with van der Waals surface area (Å²) in [6, 6.07) is 10.6. The van der Waals surface area contributed by atoms with Crippen LogP contribution in [0.3, 0.4) is 0 Å².